The third kappa shape index (κ3) is 2.88. The molecule has 0 aliphatic rings. The standard InChI is InChI=1S/C12H16N4S2/c1-4-11-15-12(18-16-11)17-10-5-7(2)14-8(3)9(10)6-13/h5H,4,6,13H2,1-3H3. The number of nitrogens with two attached hydrogens (primary N) is 1. The van der Waals surface area contributed by atoms with Gasteiger partial charge in [0.05, 0.1) is 0 Å². The molecule has 2 aromatic rings. The Morgan fingerprint density at radius 2 is 2.11 bits per heavy atom. The number of aromatic nitrogens is 3. The van der Waals surface area contributed by atoms with Crippen LogP contribution in [0.15, 0.2) is 15.3 Å². The molecule has 18 heavy (non-hydrogen) atoms. The molecule has 0 amide bonds. The summed E-state index contributed by atoms with van der Waals surface area (Å²) in [5.74, 6) is 0.902. The number of hydrogen-bond acceptors (Lipinski definition) is 6. The van der Waals surface area contributed by atoms with Crippen LogP contribution in [0, 0.1) is 13.8 Å². The molecule has 0 aromatic carbocycles. The predicted molar refractivity (Wildman–Crippen MR) is 75.0 cm³/mol. The average molecular weight is 280 g/mol. The Kier molecular flexibility index (Phi) is 4.31. The van der Waals surface area contributed by atoms with Crippen molar-refractivity contribution in [2.45, 2.75) is 43.0 Å². The van der Waals surface area contributed by atoms with Crippen LogP contribution in [-0.4, -0.2) is 14.3 Å². The quantitative estimate of drug-likeness (QED) is 0.933. The number of nitrogens with zero attached hydrogens (tertiary/aromatic N) is 3. The Balaban J connectivity index is 2.32. The van der Waals surface area contributed by atoms with Crippen LogP contribution in [0.25, 0.3) is 0 Å². The summed E-state index contributed by atoms with van der Waals surface area (Å²) in [6, 6.07) is 2.06. The zero-order chi connectivity index (χ0) is 13.1. The van der Waals surface area contributed by atoms with Crippen molar-refractivity contribution in [3.63, 3.8) is 0 Å². The molecule has 0 aliphatic carbocycles. The van der Waals surface area contributed by atoms with Crippen LogP contribution in [0.3, 0.4) is 0 Å². The van der Waals surface area contributed by atoms with E-state index in [0.717, 1.165) is 38.4 Å². The molecule has 96 valence electrons. The van der Waals surface area contributed by atoms with Crippen LogP contribution in [0.5, 0.6) is 0 Å². The summed E-state index contributed by atoms with van der Waals surface area (Å²) in [5, 5.41) is 0. The van der Waals surface area contributed by atoms with Gasteiger partial charge in [-0.1, -0.05) is 18.7 Å². The molecule has 2 N–H and O–H groups in total. The van der Waals surface area contributed by atoms with Crippen LogP contribution >= 0.6 is 23.3 Å². The summed E-state index contributed by atoms with van der Waals surface area (Å²) >= 11 is 3.07. The molecule has 0 saturated heterocycles. The van der Waals surface area contributed by atoms with E-state index in [1.807, 2.05) is 13.8 Å². The van der Waals surface area contributed by atoms with Crippen LogP contribution in [0.2, 0.25) is 0 Å². The maximum absolute atomic E-state index is 5.80. The minimum Gasteiger partial charge on any atom is -0.326 e. The molecule has 0 bridgehead atoms. The Hall–Kier alpha value is -0.980. The fourth-order valence-corrected chi connectivity index (χ4v) is 3.63. The van der Waals surface area contributed by atoms with E-state index >= 15 is 0 Å². The van der Waals surface area contributed by atoms with Gasteiger partial charge < -0.3 is 5.73 Å². The largest absolute Gasteiger partial charge is 0.326 e. The monoisotopic (exact) mass is 280 g/mol. The van der Waals surface area contributed by atoms with E-state index in [0.29, 0.717) is 6.54 Å². The first-order chi connectivity index (χ1) is 8.63. The highest BCUT2D eigenvalue weighted by molar-refractivity contribution is 8.01. The second-order valence-electron chi connectivity index (χ2n) is 3.96. The van der Waals surface area contributed by atoms with Crippen LogP contribution in [-0.2, 0) is 13.0 Å². The number of pyridine rings is 1. The minimum absolute atomic E-state index is 0.501. The van der Waals surface area contributed by atoms with Crippen molar-refractivity contribution < 1.29 is 0 Å². The summed E-state index contributed by atoms with van der Waals surface area (Å²) in [6.45, 7) is 6.55. The zero-order valence-electron chi connectivity index (χ0n) is 10.7. The minimum atomic E-state index is 0.501. The van der Waals surface area contributed by atoms with Crippen molar-refractivity contribution in [1.29, 1.82) is 0 Å². The highest BCUT2D eigenvalue weighted by atomic mass is 32.2. The lowest BCUT2D eigenvalue weighted by atomic mass is 10.2. The third-order valence-electron chi connectivity index (χ3n) is 2.59. The number of rotatable bonds is 4. The molecule has 2 rings (SSSR count). The maximum atomic E-state index is 5.80. The highest BCUT2D eigenvalue weighted by Gasteiger charge is 2.11. The van der Waals surface area contributed by atoms with Gasteiger partial charge in [-0.3, -0.25) is 4.98 Å². The van der Waals surface area contributed by atoms with E-state index < -0.39 is 0 Å². The molecule has 0 radical (unpaired) electrons. The molecular weight excluding hydrogens is 264 g/mol. The summed E-state index contributed by atoms with van der Waals surface area (Å²) in [4.78, 5) is 10.1. The normalized spacial score (nSPS) is 10.9. The first kappa shape index (κ1) is 13.5. The van der Waals surface area contributed by atoms with E-state index in [1.165, 1.54) is 11.5 Å². The molecule has 0 aliphatic heterocycles. The molecule has 0 spiro atoms. The van der Waals surface area contributed by atoms with E-state index in [9.17, 15) is 0 Å². The smallest absolute Gasteiger partial charge is 0.174 e. The molecule has 4 nitrogen and oxygen atoms in total. The number of aryl methyl sites for hydroxylation is 3. The Bertz CT molecular complexity index is 551. The van der Waals surface area contributed by atoms with Gasteiger partial charge in [-0.25, -0.2) is 4.98 Å². The number of hydrogen-bond donors (Lipinski definition) is 1. The molecular formula is C12H16N4S2. The lowest BCUT2D eigenvalue weighted by Crippen LogP contribution is -2.04. The Morgan fingerprint density at radius 1 is 1.33 bits per heavy atom. The average Bonchev–Trinajstić information content (AvgIpc) is 2.76. The first-order valence-electron chi connectivity index (χ1n) is 5.81. The highest BCUT2D eigenvalue weighted by Crippen LogP contribution is 2.32. The van der Waals surface area contributed by atoms with Crippen molar-refractivity contribution in [3.05, 3.63) is 28.8 Å². The van der Waals surface area contributed by atoms with Crippen molar-refractivity contribution in [2.24, 2.45) is 5.73 Å². The van der Waals surface area contributed by atoms with Gasteiger partial charge in [-0.05, 0) is 31.4 Å². The molecule has 0 atom stereocenters. The van der Waals surface area contributed by atoms with Gasteiger partial charge >= 0.3 is 0 Å². The molecule has 0 unspecified atom stereocenters. The van der Waals surface area contributed by atoms with Gasteiger partial charge in [0.1, 0.15) is 5.82 Å². The van der Waals surface area contributed by atoms with Crippen molar-refractivity contribution in [1.82, 2.24) is 14.3 Å². The second-order valence-corrected chi connectivity index (χ2v) is 6.00. The van der Waals surface area contributed by atoms with Gasteiger partial charge in [-0.15, -0.1) is 0 Å². The topological polar surface area (TPSA) is 64.7 Å². The lowest BCUT2D eigenvalue weighted by molar-refractivity contribution is 0.941. The lowest BCUT2D eigenvalue weighted by Gasteiger charge is -2.09. The maximum Gasteiger partial charge on any atom is 0.174 e. The van der Waals surface area contributed by atoms with Crippen molar-refractivity contribution >= 4 is 23.3 Å². The second kappa shape index (κ2) is 5.77. The third-order valence-corrected chi connectivity index (χ3v) is 4.46. The molecule has 6 heteroatoms. The molecule has 0 fully saturated rings. The SMILES string of the molecule is CCc1nsc(Sc2cc(C)nc(C)c2CN)n1. The van der Waals surface area contributed by atoms with E-state index in [1.54, 1.807) is 11.8 Å². The van der Waals surface area contributed by atoms with E-state index in [-0.39, 0.29) is 0 Å². The first-order valence-corrected chi connectivity index (χ1v) is 7.40. The zero-order valence-corrected chi connectivity index (χ0v) is 12.4. The summed E-state index contributed by atoms with van der Waals surface area (Å²) in [6.07, 6.45) is 0.870. The van der Waals surface area contributed by atoms with Gasteiger partial charge in [0.2, 0.25) is 0 Å². The molecule has 0 saturated carbocycles. The van der Waals surface area contributed by atoms with Gasteiger partial charge in [-0.2, -0.15) is 4.37 Å². The fourth-order valence-electron chi connectivity index (χ4n) is 1.68. The van der Waals surface area contributed by atoms with E-state index in [4.69, 9.17) is 5.73 Å². The molecule has 2 aromatic heterocycles. The summed E-state index contributed by atoms with van der Waals surface area (Å²) < 4.78 is 5.26. The predicted octanol–water partition coefficient (Wildman–Crippen LogP) is 2.72. The van der Waals surface area contributed by atoms with Crippen LogP contribution in [0.4, 0.5) is 0 Å². The van der Waals surface area contributed by atoms with Gasteiger partial charge in [0.15, 0.2) is 4.34 Å². The Morgan fingerprint density at radius 3 is 2.72 bits per heavy atom. The van der Waals surface area contributed by atoms with Crippen molar-refractivity contribution in [2.75, 3.05) is 0 Å². The van der Waals surface area contributed by atoms with Gasteiger partial charge in [0, 0.05) is 34.8 Å². The van der Waals surface area contributed by atoms with Crippen LogP contribution in [0.1, 0.15) is 29.7 Å². The van der Waals surface area contributed by atoms with E-state index in [2.05, 4.69) is 27.3 Å². The summed E-state index contributed by atoms with van der Waals surface area (Å²) in [7, 11) is 0. The van der Waals surface area contributed by atoms with Crippen molar-refractivity contribution in [3.8, 4) is 0 Å². The van der Waals surface area contributed by atoms with Crippen LogP contribution < -0.4 is 5.73 Å². The Labute approximate surface area is 115 Å². The van der Waals surface area contributed by atoms with Gasteiger partial charge in [0.25, 0.3) is 0 Å². The molecule has 2 heterocycles. The summed E-state index contributed by atoms with van der Waals surface area (Å²) in [5.41, 5.74) is 8.90. The fraction of sp³-hybridized carbons (Fsp3) is 0.417.